The van der Waals surface area contributed by atoms with Gasteiger partial charge < -0.3 is 10.6 Å². The van der Waals surface area contributed by atoms with Crippen LogP contribution in [-0.4, -0.2) is 41.0 Å². The van der Waals surface area contributed by atoms with Gasteiger partial charge >= 0.3 is 0 Å². The molecule has 0 radical (unpaired) electrons. The van der Waals surface area contributed by atoms with E-state index in [9.17, 15) is 0 Å². The molecule has 0 spiro atoms. The third-order valence-corrected chi connectivity index (χ3v) is 5.27. The van der Waals surface area contributed by atoms with E-state index in [2.05, 4.69) is 48.7 Å². The summed E-state index contributed by atoms with van der Waals surface area (Å²) in [6.45, 7) is 4.92. The Hall–Kier alpha value is -1.92. The molecule has 0 aromatic carbocycles. The molecule has 4 rings (SSSR count). The van der Waals surface area contributed by atoms with Gasteiger partial charge in [-0.1, -0.05) is 12.2 Å². The largest absolute Gasteiger partial charge is 0.368 e. The van der Waals surface area contributed by atoms with Gasteiger partial charge in [-0.2, -0.15) is 16.3 Å². The van der Waals surface area contributed by atoms with Crippen LogP contribution in [-0.2, 0) is 19.4 Å². The van der Waals surface area contributed by atoms with Crippen LogP contribution in [0.3, 0.4) is 0 Å². The Balaban J connectivity index is 1.56. The third-order valence-electron chi connectivity index (χ3n) is 4.54. The first-order chi connectivity index (χ1) is 11.3. The lowest BCUT2D eigenvalue weighted by molar-refractivity contribution is 0.279. The Bertz CT molecular complexity index is 702. The molecule has 2 aliphatic heterocycles. The second-order valence-electron chi connectivity index (χ2n) is 6.11. The van der Waals surface area contributed by atoms with Crippen LogP contribution in [0.15, 0.2) is 29.0 Å². The molecule has 2 aromatic rings. The van der Waals surface area contributed by atoms with E-state index in [1.807, 2.05) is 0 Å². The number of thiophene rings is 1. The van der Waals surface area contributed by atoms with E-state index < -0.39 is 0 Å². The maximum Gasteiger partial charge on any atom is 0.222 e. The van der Waals surface area contributed by atoms with E-state index in [1.165, 1.54) is 11.1 Å². The van der Waals surface area contributed by atoms with E-state index >= 15 is 0 Å². The van der Waals surface area contributed by atoms with E-state index in [0.717, 1.165) is 57.1 Å². The number of fused-ring (bicyclic) bond motifs is 1. The van der Waals surface area contributed by atoms with Crippen molar-refractivity contribution in [2.24, 2.45) is 0 Å². The summed E-state index contributed by atoms with van der Waals surface area (Å²) < 4.78 is 0. The molecule has 0 saturated carbocycles. The summed E-state index contributed by atoms with van der Waals surface area (Å²) in [5.41, 5.74) is 9.78. The van der Waals surface area contributed by atoms with Crippen molar-refractivity contribution < 1.29 is 0 Å². The maximum atomic E-state index is 5.96. The normalized spacial score (nSPS) is 18.2. The van der Waals surface area contributed by atoms with Crippen LogP contribution in [0.2, 0.25) is 0 Å². The van der Waals surface area contributed by atoms with Crippen molar-refractivity contribution in [2.45, 2.75) is 19.4 Å². The summed E-state index contributed by atoms with van der Waals surface area (Å²) in [4.78, 5) is 13.9. The SMILES string of the molecule is Nc1nc2c(c(N3CC=CC3)n1)CCN(Cc1ccsc1)CC2. The summed E-state index contributed by atoms with van der Waals surface area (Å²) in [5.74, 6) is 1.44. The molecule has 2 aromatic heterocycles. The molecule has 0 aliphatic carbocycles. The first-order valence-electron chi connectivity index (χ1n) is 8.08. The van der Waals surface area contributed by atoms with Gasteiger partial charge in [-0.25, -0.2) is 4.98 Å². The number of anilines is 2. The summed E-state index contributed by atoms with van der Waals surface area (Å²) in [6.07, 6.45) is 6.31. The first-order valence-corrected chi connectivity index (χ1v) is 9.02. The monoisotopic (exact) mass is 327 g/mol. The van der Waals surface area contributed by atoms with Gasteiger partial charge in [0.25, 0.3) is 0 Å². The van der Waals surface area contributed by atoms with Crippen molar-refractivity contribution in [1.82, 2.24) is 14.9 Å². The topological polar surface area (TPSA) is 58.3 Å². The minimum absolute atomic E-state index is 0.400. The van der Waals surface area contributed by atoms with Gasteiger partial charge in [0, 0.05) is 44.7 Å². The van der Waals surface area contributed by atoms with E-state index in [0.29, 0.717) is 5.95 Å². The first kappa shape index (κ1) is 14.7. The Morgan fingerprint density at radius 3 is 2.74 bits per heavy atom. The molecule has 0 amide bonds. The zero-order chi connectivity index (χ0) is 15.6. The number of nitrogens with two attached hydrogens (primary N) is 1. The van der Waals surface area contributed by atoms with Gasteiger partial charge in [0.05, 0.1) is 5.69 Å². The highest BCUT2D eigenvalue weighted by molar-refractivity contribution is 7.07. The fraction of sp³-hybridized carbons (Fsp3) is 0.412. The van der Waals surface area contributed by atoms with E-state index in [-0.39, 0.29) is 0 Å². The molecule has 120 valence electrons. The van der Waals surface area contributed by atoms with Crippen LogP contribution in [0, 0.1) is 0 Å². The highest BCUT2D eigenvalue weighted by Crippen LogP contribution is 2.27. The van der Waals surface area contributed by atoms with Gasteiger partial charge in [-0.15, -0.1) is 0 Å². The zero-order valence-corrected chi connectivity index (χ0v) is 13.9. The van der Waals surface area contributed by atoms with Crippen molar-refractivity contribution in [3.8, 4) is 0 Å². The average molecular weight is 327 g/mol. The predicted octanol–water partition coefficient (Wildman–Crippen LogP) is 2.10. The fourth-order valence-electron chi connectivity index (χ4n) is 3.36. The summed E-state index contributed by atoms with van der Waals surface area (Å²) >= 11 is 1.76. The molecule has 6 heteroatoms. The second-order valence-corrected chi connectivity index (χ2v) is 6.89. The number of nitrogens with zero attached hydrogens (tertiary/aromatic N) is 4. The number of nitrogen functional groups attached to an aromatic ring is 1. The molecule has 23 heavy (non-hydrogen) atoms. The lowest BCUT2D eigenvalue weighted by Crippen LogP contribution is -2.26. The second kappa shape index (κ2) is 6.29. The maximum absolute atomic E-state index is 5.96. The Kier molecular flexibility index (Phi) is 4.01. The van der Waals surface area contributed by atoms with Crippen LogP contribution < -0.4 is 10.6 Å². The Morgan fingerprint density at radius 1 is 1.13 bits per heavy atom. The lowest BCUT2D eigenvalue weighted by Gasteiger charge is -2.21. The van der Waals surface area contributed by atoms with Gasteiger partial charge in [0.15, 0.2) is 0 Å². The van der Waals surface area contributed by atoms with Gasteiger partial charge in [-0.3, -0.25) is 4.90 Å². The number of aromatic nitrogens is 2. The van der Waals surface area contributed by atoms with Crippen LogP contribution in [0.25, 0.3) is 0 Å². The minimum atomic E-state index is 0.400. The van der Waals surface area contributed by atoms with Crippen LogP contribution in [0.5, 0.6) is 0 Å². The molecule has 2 N–H and O–H groups in total. The van der Waals surface area contributed by atoms with Crippen molar-refractivity contribution in [3.63, 3.8) is 0 Å². The number of hydrogen-bond acceptors (Lipinski definition) is 6. The molecular formula is C17H21N5S. The molecule has 0 unspecified atom stereocenters. The van der Waals surface area contributed by atoms with Crippen molar-refractivity contribution in [1.29, 1.82) is 0 Å². The van der Waals surface area contributed by atoms with Crippen molar-refractivity contribution in [2.75, 3.05) is 36.8 Å². The highest BCUT2D eigenvalue weighted by Gasteiger charge is 2.23. The van der Waals surface area contributed by atoms with Gasteiger partial charge in [-0.05, 0) is 28.8 Å². The van der Waals surface area contributed by atoms with Gasteiger partial charge in [0.2, 0.25) is 5.95 Å². The molecule has 0 fully saturated rings. The Morgan fingerprint density at radius 2 is 1.96 bits per heavy atom. The third kappa shape index (κ3) is 3.09. The quantitative estimate of drug-likeness (QED) is 0.875. The zero-order valence-electron chi connectivity index (χ0n) is 13.1. The Labute approximate surface area is 140 Å². The molecule has 0 saturated heterocycles. The van der Waals surface area contributed by atoms with Crippen LogP contribution in [0.4, 0.5) is 11.8 Å². The number of hydrogen-bond donors (Lipinski definition) is 1. The highest BCUT2D eigenvalue weighted by atomic mass is 32.1. The molecular weight excluding hydrogens is 306 g/mol. The molecule has 0 bridgehead atoms. The summed E-state index contributed by atoms with van der Waals surface area (Å²) in [7, 11) is 0. The molecule has 2 aliphatic rings. The standard InChI is InChI=1S/C17H21N5S/c18-17-19-15-4-9-21(11-13-5-10-23-12-13)8-3-14(15)16(20-17)22-6-1-2-7-22/h1-2,5,10,12H,3-4,6-9,11H2,(H2,18,19,20). The van der Waals surface area contributed by atoms with E-state index in [4.69, 9.17) is 5.73 Å². The lowest BCUT2D eigenvalue weighted by atomic mass is 10.1. The molecule has 5 nitrogen and oxygen atoms in total. The summed E-state index contributed by atoms with van der Waals surface area (Å²) in [6, 6.07) is 2.21. The number of rotatable bonds is 3. The van der Waals surface area contributed by atoms with Gasteiger partial charge in [0.1, 0.15) is 5.82 Å². The van der Waals surface area contributed by atoms with Crippen molar-refractivity contribution in [3.05, 3.63) is 45.8 Å². The van der Waals surface area contributed by atoms with Crippen LogP contribution >= 0.6 is 11.3 Å². The molecule has 0 atom stereocenters. The van der Waals surface area contributed by atoms with E-state index in [1.54, 1.807) is 11.3 Å². The van der Waals surface area contributed by atoms with Crippen LogP contribution in [0.1, 0.15) is 16.8 Å². The smallest absolute Gasteiger partial charge is 0.222 e. The minimum Gasteiger partial charge on any atom is -0.368 e. The predicted molar refractivity (Wildman–Crippen MR) is 94.8 cm³/mol. The van der Waals surface area contributed by atoms with Crippen molar-refractivity contribution >= 4 is 23.1 Å². The summed E-state index contributed by atoms with van der Waals surface area (Å²) in [5, 5.41) is 4.38. The average Bonchev–Trinajstić information content (AvgIpc) is 3.20. The fourth-order valence-corrected chi connectivity index (χ4v) is 4.02. The molecule has 4 heterocycles.